The largest absolute Gasteiger partial charge is 0.460 e. The Morgan fingerprint density at radius 2 is 1.30 bits per heavy atom. The molecule has 0 rings (SSSR count). The number of esters is 1. The minimum absolute atomic E-state index is 0.0141. The second-order valence-electron chi connectivity index (χ2n) is 5.27. The third kappa shape index (κ3) is 3.57. The lowest BCUT2D eigenvalue weighted by Crippen LogP contribution is -2.61. The van der Waals surface area contributed by atoms with Crippen molar-refractivity contribution in [3.8, 4) is 0 Å². The van der Waals surface area contributed by atoms with Gasteiger partial charge in [-0.1, -0.05) is 13.5 Å². The van der Waals surface area contributed by atoms with E-state index in [2.05, 4.69) is 11.3 Å². The summed E-state index contributed by atoms with van der Waals surface area (Å²) in [6.45, 7) is 5.91. The highest BCUT2D eigenvalue weighted by molar-refractivity contribution is 5.76. The maximum Gasteiger partial charge on any atom is 0.460 e. The summed E-state index contributed by atoms with van der Waals surface area (Å²) in [5, 5.41) is 0. The molecule has 2 nitrogen and oxygen atoms in total. The fourth-order valence-electron chi connectivity index (χ4n) is 1.01. The van der Waals surface area contributed by atoms with E-state index in [0.717, 1.165) is 13.8 Å². The van der Waals surface area contributed by atoms with Crippen LogP contribution >= 0.6 is 0 Å². The topological polar surface area (TPSA) is 26.3 Å². The predicted molar refractivity (Wildman–Crippen MR) is 60.2 cm³/mol. The molecule has 0 aromatic heterocycles. The molecule has 0 radical (unpaired) electrons. The van der Waals surface area contributed by atoms with Gasteiger partial charge in [0.1, 0.15) is 0 Å². The molecule has 0 spiro atoms. The van der Waals surface area contributed by atoms with E-state index in [-0.39, 0.29) is 6.42 Å². The number of hydrogen-bond donors (Lipinski definition) is 0. The van der Waals surface area contributed by atoms with Crippen molar-refractivity contribution in [2.45, 2.75) is 51.1 Å². The molecule has 0 atom stereocenters. The summed E-state index contributed by atoms with van der Waals surface area (Å²) in [7, 11) is 0. The van der Waals surface area contributed by atoms with Crippen molar-refractivity contribution in [3.05, 3.63) is 12.3 Å². The summed E-state index contributed by atoms with van der Waals surface area (Å²) in [4.78, 5) is 11.5. The van der Waals surface area contributed by atoms with Crippen LogP contribution in [0.2, 0.25) is 0 Å². The molecule has 136 valence electrons. The van der Waals surface area contributed by atoms with Crippen molar-refractivity contribution in [2.75, 3.05) is 0 Å². The van der Waals surface area contributed by atoms with Crippen molar-refractivity contribution in [2.24, 2.45) is 5.41 Å². The molecule has 0 bridgehead atoms. The van der Waals surface area contributed by atoms with Crippen LogP contribution in [0.4, 0.5) is 39.5 Å². The van der Waals surface area contributed by atoms with Crippen LogP contribution < -0.4 is 0 Å². The van der Waals surface area contributed by atoms with Crippen LogP contribution in [0.5, 0.6) is 0 Å². The molecule has 0 aliphatic rings. The van der Waals surface area contributed by atoms with Crippen LogP contribution in [0.3, 0.4) is 0 Å². The number of ether oxygens (including phenoxy) is 1. The zero-order chi connectivity index (χ0) is 19.1. The number of alkyl halides is 9. The van der Waals surface area contributed by atoms with Gasteiger partial charge in [-0.05, 0) is 20.3 Å². The monoisotopic (exact) mass is 360 g/mol. The van der Waals surface area contributed by atoms with Crippen LogP contribution in [0.1, 0.15) is 27.2 Å². The number of rotatable bonds is 6. The molecule has 0 unspecified atom stereocenters. The average Bonchev–Trinajstić information content (AvgIpc) is 2.36. The molecule has 0 N–H and O–H groups in total. The van der Waals surface area contributed by atoms with Gasteiger partial charge in [0, 0.05) is 0 Å². The highest BCUT2D eigenvalue weighted by Crippen LogP contribution is 2.55. The van der Waals surface area contributed by atoms with E-state index in [9.17, 15) is 44.3 Å². The molecular weight excluding hydrogens is 347 g/mol. The van der Waals surface area contributed by atoms with E-state index in [1.165, 1.54) is 6.92 Å². The Bertz CT molecular complexity index is 477. The Morgan fingerprint density at radius 3 is 1.61 bits per heavy atom. The number of allylic oxidation sites excluding steroid dienone is 1. The van der Waals surface area contributed by atoms with Crippen LogP contribution in [-0.4, -0.2) is 29.9 Å². The molecule has 0 saturated carbocycles. The van der Waals surface area contributed by atoms with E-state index in [1.54, 1.807) is 0 Å². The highest BCUT2D eigenvalue weighted by atomic mass is 19.4. The standard InChI is InChI=1S/C12H13F9O2/c1-5-8(3,4)7(22)23-6(2)9(13,14)10(15,16)11(17,18)12(19,20)21/h2,5H2,1,3-4H3. The summed E-state index contributed by atoms with van der Waals surface area (Å²) in [6, 6.07) is 0. The molecular formula is C12H13F9O2. The predicted octanol–water partition coefficient (Wildman–Crippen LogP) is 4.95. The van der Waals surface area contributed by atoms with E-state index in [4.69, 9.17) is 0 Å². The lowest BCUT2D eigenvalue weighted by molar-refractivity contribution is -0.392. The molecule has 0 fully saturated rings. The van der Waals surface area contributed by atoms with Crippen molar-refractivity contribution in [1.29, 1.82) is 0 Å². The molecule has 0 aliphatic heterocycles. The first kappa shape index (κ1) is 21.6. The lowest BCUT2D eigenvalue weighted by Gasteiger charge is -2.34. The van der Waals surface area contributed by atoms with Crippen LogP contribution in [-0.2, 0) is 9.53 Å². The van der Waals surface area contributed by atoms with Gasteiger partial charge in [-0.2, -0.15) is 39.5 Å². The van der Waals surface area contributed by atoms with Crippen molar-refractivity contribution >= 4 is 5.97 Å². The maximum atomic E-state index is 13.4. The lowest BCUT2D eigenvalue weighted by atomic mass is 9.90. The smallest absolute Gasteiger partial charge is 0.425 e. The Morgan fingerprint density at radius 1 is 0.913 bits per heavy atom. The zero-order valence-electron chi connectivity index (χ0n) is 12.1. The average molecular weight is 360 g/mol. The third-order valence-corrected chi connectivity index (χ3v) is 3.15. The highest BCUT2D eigenvalue weighted by Gasteiger charge is 2.83. The minimum Gasteiger partial charge on any atom is -0.425 e. The molecule has 0 aromatic rings. The Kier molecular flexibility index (Phi) is 5.53. The molecule has 0 aromatic carbocycles. The zero-order valence-corrected chi connectivity index (χ0v) is 12.1. The van der Waals surface area contributed by atoms with Crippen LogP contribution in [0.25, 0.3) is 0 Å². The fourth-order valence-corrected chi connectivity index (χ4v) is 1.01. The molecule has 11 heteroatoms. The van der Waals surface area contributed by atoms with E-state index in [1.807, 2.05) is 0 Å². The fraction of sp³-hybridized carbons (Fsp3) is 0.750. The van der Waals surface area contributed by atoms with Gasteiger partial charge in [0.05, 0.1) is 5.41 Å². The summed E-state index contributed by atoms with van der Waals surface area (Å²) >= 11 is 0. The first-order chi connectivity index (χ1) is 9.86. The van der Waals surface area contributed by atoms with Gasteiger partial charge in [0.25, 0.3) is 0 Å². The maximum absolute atomic E-state index is 13.4. The first-order valence-electron chi connectivity index (χ1n) is 5.98. The van der Waals surface area contributed by atoms with Crippen LogP contribution in [0, 0.1) is 5.41 Å². The second kappa shape index (κ2) is 5.90. The summed E-state index contributed by atoms with van der Waals surface area (Å²) < 4.78 is 118. The number of halogens is 9. The van der Waals surface area contributed by atoms with E-state index >= 15 is 0 Å². The van der Waals surface area contributed by atoms with E-state index < -0.39 is 41.1 Å². The van der Waals surface area contributed by atoms with Gasteiger partial charge < -0.3 is 4.74 Å². The summed E-state index contributed by atoms with van der Waals surface area (Å²) in [5.41, 5.74) is -1.47. The summed E-state index contributed by atoms with van der Waals surface area (Å²) in [6.07, 6.45) is -6.97. The van der Waals surface area contributed by atoms with Crippen molar-refractivity contribution in [3.63, 3.8) is 0 Å². The van der Waals surface area contributed by atoms with Crippen molar-refractivity contribution in [1.82, 2.24) is 0 Å². The molecule has 0 heterocycles. The molecule has 0 aliphatic carbocycles. The Balaban J connectivity index is 5.64. The van der Waals surface area contributed by atoms with Gasteiger partial charge in [0.2, 0.25) is 0 Å². The summed E-state index contributed by atoms with van der Waals surface area (Å²) in [5.74, 6) is -24.2. The number of carbonyl (C=O) groups excluding carboxylic acids is 1. The SMILES string of the molecule is C=C(OC(=O)C(C)(C)CC)C(F)(F)C(F)(F)C(F)(F)C(F)(F)F. The molecule has 0 saturated heterocycles. The van der Waals surface area contributed by atoms with Gasteiger partial charge in [-0.25, -0.2) is 0 Å². The Hall–Kier alpha value is -1.42. The molecule has 0 amide bonds. The quantitative estimate of drug-likeness (QED) is 0.381. The van der Waals surface area contributed by atoms with Gasteiger partial charge in [-0.3, -0.25) is 4.79 Å². The first-order valence-corrected chi connectivity index (χ1v) is 5.98. The second-order valence-corrected chi connectivity index (χ2v) is 5.27. The molecule has 23 heavy (non-hydrogen) atoms. The van der Waals surface area contributed by atoms with E-state index in [0.29, 0.717) is 0 Å². The number of carbonyl (C=O) groups is 1. The minimum atomic E-state index is -7.07. The Labute approximate surface area is 125 Å². The third-order valence-electron chi connectivity index (χ3n) is 3.15. The van der Waals surface area contributed by atoms with Crippen LogP contribution in [0.15, 0.2) is 12.3 Å². The van der Waals surface area contributed by atoms with Gasteiger partial charge in [-0.15, -0.1) is 0 Å². The normalized spacial score (nSPS) is 14.6. The van der Waals surface area contributed by atoms with Gasteiger partial charge in [0.15, 0.2) is 5.76 Å². The number of hydrogen-bond acceptors (Lipinski definition) is 2. The van der Waals surface area contributed by atoms with Crippen molar-refractivity contribution < 1.29 is 49.0 Å². The van der Waals surface area contributed by atoms with Gasteiger partial charge >= 0.3 is 29.9 Å².